The molecule has 0 aromatic carbocycles. The molecule has 3 rings (SSSR count). The van der Waals surface area contributed by atoms with Crippen molar-refractivity contribution in [3.8, 4) is 0 Å². The molecule has 2 aromatic heterocycles. The number of anilines is 1. The molecular formula is C12H18N4O3S2. The van der Waals surface area contributed by atoms with Gasteiger partial charge >= 0.3 is 0 Å². The molecule has 7 nitrogen and oxygen atoms in total. The summed E-state index contributed by atoms with van der Waals surface area (Å²) in [5, 5.41) is 12.1. The number of hydrogen-bond acceptors (Lipinski definition) is 6. The second-order valence-electron chi connectivity index (χ2n) is 5.55. The molecule has 1 fully saturated rings. The van der Waals surface area contributed by atoms with Gasteiger partial charge in [0.25, 0.3) is 10.0 Å². The number of rotatable bonds is 4. The van der Waals surface area contributed by atoms with E-state index < -0.39 is 15.6 Å². The molecule has 21 heavy (non-hydrogen) atoms. The Labute approximate surface area is 127 Å². The van der Waals surface area contributed by atoms with Crippen LogP contribution >= 0.6 is 11.3 Å². The van der Waals surface area contributed by atoms with E-state index >= 15 is 0 Å². The third kappa shape index (κ3) is 2.44. The lowest BCUT2D eigenvalue weighted by Crippen LogP contribution is -2.42. The molecule has 0 saturated heterocycles. The number of fused-ring (bicyclic) bond motifs is 1. The van der Waals surface area contributed by atoms with Crippen molar-refractivity contribution in [3.63, 3.8) is 0 Å². The first-order chi connectivity index (χ1) is 9.83. The molecule has 2 heterocycles. The number of hydrogen-bond donors (Lipinski definition) is 2. The highest BCUT2D eigenvalue weighted by molar-refractivity contribution is 7.89. The quantitative estimate of drug-likeness (QED) is 0.867. The summed E-state index contributed by atoms with van der Waals surface area (Å²) in [4.78, 5) is 4.60. The molecule has 1 aliphatic rings. The molecule has 0 radical (unpaired) electrons. The van der Waals surface area contributed by atoms with Gasteiger partial charge in [-0.2, -0.15) is 4.31 Å². The number of sulfonamides is 1. The highest BCUT2D eigenvalue weighted by atomic mass is 32.2. The Morgan fingerprint density at radius 2 is 2.19 bits per heavy atom. The van der Waals surface area contributed by atoms with Gasteiger partial charge in [-0.3, -0.25) is 4.40 Å². The van der Waals surface area contributed by atoms with E-state index in [4.69, 9.17) is 5.73 Å². The van der Waals surface area contributed by atoms with E-state index in [0.717, 1.165) is 12.8 Å². The fourth-order valence-electron chi connectivity index (χ4n) is 2.88. The molecule has 0 amide bonds. The molecular weight excluding hydrogens is 312 g/mol. The van der Waals surface area contributed by atoms with Crippen molar-refractivity contribution in [1.82, 2.24) is 13.7 Å². The first kappa shape index (κ1) is 14.8. The molecule has 1 aliphatic carbocycles. The van der Waals surface area contributed by atoms with Crippen molar-refractivity contribution in [1.29, 1.82) is 0 Å². The van der Waals surface area contributed by atoms with E-state index in [1.165, 1.54) is 27.1 Å². The molecule has 0 spiro atoms. The predicted octanol–water partition coefficient (Wildman–Crippen LogP) is 0.904. The zero-order chi connectivity index (χ0) is 15.3. The second-order valence-corrected chi connectivity index (χ2v) is 8.38. The molecule has 2 aromatic rings. The number of imidazole rings is 1. The minimum atomic E-state index is -3.79. The summed E-state index contributed by atoms with van der Waals surface area (Å²) in [5.74, 6) is -0.00730. The molecule has 1 saturated carbocycles. The Morgan fingerprint density at radius 3 is 2.86 bits per heavy atom. The zero-order valence-electron chi connectivity index (χ0n) is 11.7. The van der Waals surface area contributed by atoms with E-state index in [1.54, 1.807) is 11.6 Å². The lowest BCUT2D eigenvalue weighted by Gasteiger charge is -2.27. The van der Waals surface area contributed by atoms with E-state index in [0.29, 0.717) is 17.8 Å². The predicted molar refractivity (Wildman–Crippen MR) is 80.7 cm³/mol. The summed E-state index contributed by atoms with van der Waals surface area (Å²) >= 11 is 1.32. The maximum absolute atomic E-state index is 12.7. The summed E-state index contributed by atoms with van der Waals surface area (Å²) in [7, 11) is -2.32. The van der Waals surface area contributed by atoms with E-state index in [2.05, 4.69) is 4.98 Å². The molecule has 0 bridgehead atoms. The molecule has 0 aliphatic heterocycles. The molecule has 0 atom stereocenters. The molecule has 116 valence electrons. The lowest BCUT2D eigenvalue weighted by atomic mass is 10.0. The Morgan fingerprint density at radius 1 is 1.52 bits per heavy atom. The number of likely N-dealkylation sites (N-methyl/N-ethyl adjacent to an activating group) is 1. The van der Waals surface area contributed by atoms with Gasteiger partial charge in [0.2, 0.25) is 0 Å². The van der Waals surface area contributed by atoms with Crippen molar-refractivity contribution >= 4 is 32.1 Å². The van der Waals surface area contributed by atoms with Crippen LogP contribution in [0.15, 0.2) is 16.6 Å². The van der Waals surface area contributed by atoms with Gasteiger partial charge in [-0.25, -0.2) is 13.4 Å². The standard InChI is InChI=1S/C12H18N4O3S2/c1-15(8-12(17)4-2-3-5-12)21(18,19)10-9(13)14-11-16(10)6-7-20-11/h6-7,17H,2-5,8,13H2,1H3. The average Bonchev–Trinajstić information content (AvgIpc) is 3.04. The van der Waals surface area contributed by atoms with Crippen LogP contribution in [0.4, 0.5) is 5.82 Å². The van der Waals surface area contributed by atoms with Crippen molar-refractivity contribution in [2.75, 3.05) is 19.3 Å². The van der Waals surface area contributed by atoms with E-state index in [9.17, 15) is 13.5 Å². The SMILES string of the molecule is CN(CC1(O)CCCC1)S(=O)(=O)c1c(N)nc2sccn12. The van der Waals surface area contributed by atoms with E-state index in [1.807, 2.05) is 0 Å². The maximum Gasteiger partial charge on any atom is 0.262 e. The van der Waals surface area contributed by atoms with Crippen LogP contribution in [0.25, 0.3) is 4.96 Å². The van der Waals surface area contributed by atoms with Crippen LogP contribution in [-0.2, 0) is 10.0 Å². The average molecular weight is 330 g/mol. The number of thiazole rings is 1. The van der Waals surface area contributed by atoms with Crippen LogP contribution in [0.3, 0.4) is 0 Å². The van der Waals surface area contributed by atoms with Gasteiger partial charge in [0.15, 0.2) is 15.8 Å². The van der Waals surface area contributed by atoms with Gasteiger partial charge in [-0.05, 0) is 12.8 Å². The van der Waals surface area contributed by atoms with Gasteiger partial charge in [-0.15, -0.1) is 11.3 Å². The summed E-state index contributed by atoms with van der Waals surface area (Å²) in [6.07, 6.45) is 4.74. The van der Waals surface area contributed by atoms with E-state index in [-0.39, 0.29) is 17.4 Å². The van der Waals surface area contributed by atoms with Gasteiger partial charge < -0.3 is 10.8 Å². The normalized spacial score (nSPS) is 18.8. The van der Waals surface area contributed by atoms with Crippen molar-refractivity contribution in [2.45, 2.75) is 36.3 Å². The smallest absolute Gasteiger partial charge is 0.262 e. The zero-order valence-corrected chi connectivity index (χ0v) is 13.3. The summed E-state index contributed by atoms with van der Waals surface area (Å²) in [5.41, 5.74) is 4.83. The summed E-state index contributed by atoms with van der Waals surface area (Å²) < 4.78 is 28.1. The van der Waals surface area contributed by atoms with Gasteiger partial charge in [0.05, 0.1) is 5.60 Å². The molecule has 3 N–H and O–H groups in total. The molecule has 0 unspecified atom stereocenters. The Bertz CT molecular complexity index is 759. The highest BCUT2D eigenvalue weighted by Gasteiger charge is 2.37. The monoisotopic (exact) mass is 330 g/mol. The topological polar surface area (TPSA) is 101 Å². The van der Waals surface area contributed by atoms with Gasteiger partial charge in [0.1, 0.15) is 0 Å². The Balaban J connectivity index is 1.96. The first-order valence-corrected chi connectivity index (χ1v) is 9.05. The second kappa shape index (κ2) is 4.94. The lowest BCUT2D eigenvalue weighted by molar-refractivity contribution is 0.0333. The maximum atomic E-state index is 12.7. The number of nitrogens with zero attached hydrogens (tertiary/aromatic N) is 3. The van der Waals surface area contributed by atoms with Crippen LogP contribution in [0.1, 0.15) is 25.7 Å². The largest absolute Gasteiger partial charge is 0.389 e. The highest BCUT2D eigenvalue weighted by Crippen LogP contribution is 2.32. The number of aromatic nitrogens is 2. The first-order valence-electron chi connectivity index (χ1n) is 6.73. The van der Waals surface area contributed by atoms with Crippen LogP contribution in [-0.4, -0.2) is 46.4 Å². The number of aliphatic hydroxyl groups is 1. The van der Waals surface area contributed by atoms with Crippen molar-refractivity contribution < 1.29 is 13.5 Å². The summed E-state index contributed by atoms with van der Waals surface area (Å²) in [6, 6.07) is 0. The minimum Gasteiger partial charge on any atom is -0.389 e. The van der Waals surface area contributed by atoms with Gasteiger partial charge in [-0.1, -0.05) is 12.8 Å². The van der Waals surface area contributed by atoms with Crippen molar-refractivity contribution in [3.05, 3.63) is 11.6 Å². The number of nitrogen functional groups attached to an aromatic ring is 1. The fourth-order valence-corrected chi connectivity index (χ4v) is 5.07. The van der Waals surface area contributed by atoms with Crippen LogP contribution in [0, 0.1) is 0 Å². The van der Waals surface area contributed by atoms with Crippen LogP contribution < -0.4 is 5.73 Å². The van der Waals surface area contributed by atoms with Crippen LogP contribution in [0.2, 0.25) is 0 Å². The summed E-state index contributed by atoms with van der Waals surface area (Å²) in [6.45, 7) is 0.0755. The third-order valence-corrected chi connectivity index (χ3v) is 6.55. The van der Waals surface area contributed by atoms with Crippen molar-refractivity contribution in [2.24, 2.45) is 0 Å². The van der Waals surface area contributed by atoms with Crippen LogP contribution in [0.5, 0.6) is 0 Å². The van der Waals surface area contributed by atoms with Gasteiger partial charge in [0, 0.05) is 25.2 Å². The Hall–Kier alpha value is -1.16. The Kier molecular flexibility index (Phi) is 3.47. The third-order valence-electron chi connectivity index (χ3n) is 3.95. The minimum absolute atomic E-state index is 0.00730. The fraction of sp³-hybridized carbons (Fsp3) is 0.583. The molecule has 9 heteroatoms. The number of nitrogens with two attached hydrogens (primary N) is 1.